The molecule has 2 aliphatic heterocycles. The third-order valence-corrected chi connectivity index (χ3v) is 5.38. The number of anilines is 1. The van der Waals surface area contributed by atoms with Crippen molar-refractivity contribution in [2.24, 2.45) is 0 Å². The fourth-order valence-electron chi connectivity index (χ4n) is 3.83. The molecule has 1 atom stereocenters. The Balaban J connectivity index is 1.58. The summed E-state index contributed by atoms with van der Waals surface area (Å²) in [4.78, 5) is 26.8. The lowest BCUT2D eigenvalue weighted by atomic mass is 10.1. The molecule has 0 bridgehead atoms. The molecule has 2 N–H and O–H groups in total. The largest absolute Gasteiger partial charge is 0.633 e. The number of carbonyl (C=O) groups excluding carboxylic acids is 2. The summed E-state index contributed by atoms with van der Waals surface area (Å²) < 4.78 is 4.74. The van der Waals surface area contributed by atoms with Gasteiger partial charge in [-0.25, -0.2) is 0 Å². The SMILES string of the molecule is COc1ccc(O)cc1N1CC[N+]([O-])(CC(O)CN2C(=O)CCCC2=O)CC1. The number of hydrogen-bond acceptors (Lipinski definition) is 7. The number of ether oxygens (including phenoxy) is 1. The van der Waals surface area contributed by atoms with Crippen LogP contribution < -0.4 is 9.64 Å². The Bertz CT molecular complexity index is 716. The van der Waals surface area contributed by atoms with Gasteiger partial charge < -0.3 is 29.7 Å². The van der Waals surface area contributed by atoms with E-state index in [1.165, 1.54) is 0 Å². The van der Waals surface area contributed by atoms with Gasteiger partial charge in [-0.1, -0.05) is 0 Å². The van der Waals surface area contributed by atoms with Gasteiger partial charge >= 0.3 is 0 Å². The highest BCUT2D eigenvalue weighted by atomic mass is 16.5. The highest BCUT2D eigenvalue weighted by Crippen LogP contribution is 2.33. The smallest absolute Gasteiger partial charge is 0.229 e. The lowest BCUT2D eigenvalue weighted by Gasteiger charge is -2.49. The van der Waals surface area contributed by atoms with E-state index in [1.807, 2.05) is 4.90 Å². The lowest BCUT2D eigenvalue weighted by Crippen LogP contribution is -2.60. The molecule has 9 nitrogen and oxygen atoms in total. The number of imide groups is 1. The van der Waals surface area contributed by atoms with Crippen molar-refractivity contribution in [2.75, 3.05) is 51.3 Å². The van der Waals surface area contributed by atoms with E-state index in [9.17, 15) is 25.0 Å². The third-order valence-electron chi connectivity index (χ3n) is 5.38. The molecule has 2 fully saturated rings. The van der Waals surface area contributed by atoms with Crippen LogP contribution >= 0.6 is 0 Å². The average Bonchev–Trinajstić information content (AvgIpc) is 2.65. The van der Waals surface area contributed by atoms with Gasteiger partial charge in [0.25, 0.3) is 0 Å². The number of methoxy groups -OCH3 is 1. The molecule has 0 radical (unpaired) electrons. The summed E-state index contributed by atoms with van der Waals surface area (Å²) in [5, 5.41) is 33.1. The maximum absolute atomic E-state index is 13.0. The maximum Gasteiger partial charge on any atom is 0.229 e. The number of carbonyl (C=O) groups is 2. The summed E-state index contributed by atoms with van der Waals surface area (Å²) in [5.41, 5.74) is 0.721. The van der Waals surface area contributed by atoms with Gasteiger partial charge in [-0.2, -0.15) is 0 Å². The fraction of sp³-hybridized carbons (Fsp3) is 0.579. The first-order valence-electron chi connectivity index (χ1n) is 9.51. The Labute approximate surface area is 163 Å². The molecule has 2 saturated heterocycles. The number of amides is 2. The molecule has 2 aliphatic rings. The monoisotopic (exact) mass is 393 g/mol. The summed E-state index contributed by atoms with van der Waals surface area (Å²) in [6.45, 7) is 1.19. The molecule has 1 unspecified atom stereocenters. The van der Waals surface area contributed by atoms with Crippen molar-refractivity contribution in [3.8, 4) is 11.5 Å². The van der Waals surface area contributed by atoms with Crippen LogP contribution in [0.3, 0.4) is 0 Å². The van der Waals surface area contributed by atoms with Crippen molar-refractivity contribution in [3.05, 3.63) is 23.4 Å². The number of hydrogen-bond donors (Lipinski definition) is 2. The van der Waals surface area contributed by atoms with Crippen LogP contribution in [0.2, 0.25) is 0 Å². The molecular weight excluding hydrogens is 366 g/mol. The van der Waals surface area contributed by atoms with E-state index in [-0.39, 0.29) is 43.7 Å². The van der Waals surface area contributed by atoms with Crippen molar-refractivity contribution < 1.29 is 29.2 Å². The lowest BCUT2D eigenvalue weighted by molar-refractivity contribution is -0.884. The van der Waals surface area contributed by atoms with Crippen LogP contribution in [0, 0.1) is 5.21 Å². The third kappa shape index (κ3) is 4.54. The number of aromatic hydroxyl groups is 1. The number of hydroxylamine groups is 3. The van der Waals surface area contributed by atoms with Crippen molar-refractivity contribution >= 4 is 17.5 Å². The van der Waals surface area contributed by atoms with Gasteiger partial charge in [0.1, 0.15) is 24.1 Å². The first-order chi connectivity index (χ1) is 13.3. The minimum absolute atomic E-state index is 0.0674. The standard InChI is InChI=1S/C19H27N3O6/c1-28-17-6-5-14(23)11-16(17)20-7-9-22(27,10-8-20)13-15(24)12-21-18(25)3-2-4-19(21)26/h5-6,11,15,23-24H,2-4,7-10,12-13H2,1H3. The molecular formula is C19H27N3O6. The van der Waals surface area contributed by atoms with Gasteiger partial charge in [0.2, 0.25) is 11.8 Å². The van der Waals surface area contributed by atoms with Crippen LogP contribution in [0.15, 0.2) is 18.2 Å². The summed E-state index contributed by atoms with van der Waals surface area (Å²) in [7, 11) is 1.55. The van der Waals surface area contributed by atoms with E-state index in [0.29, 0.717) is 38.1 Å². The molecule has 1 aromatic carbocycles. The molecule has 9 heteroatoms. The second-order valence-corrected chi connectivity index (χ2v) is 7.44. The van der Waals surface area contributed by atoms with E-state index < -0.39 is 10.8 Å². The first-order valence-corrected chi connectivity index (χ1v) is 9.51. The maximum atomic E-state index is 13.0. The van der Waals surface area contributed by atoms with Crippen LogP contribution in [0.1, 0.15) is 19.3 Å². The molecule has 0 aliphatic carbocycles. The number of aliphatic hydroxyl groups is 1. The van der Waals surface area contributed by atoms with Gasteiger partial charge in [-0.05, 0) is 18.6 Å². The summed E-state index contributed by atoms with van der Waals surface area (Å²) in [6.07, 6.45) is 0.0955. The average molecular weight is 393 g/mol. The zero-order valence-electron chi connectivity index (χ0n) is 16.0. The van der Waals surface area contributed by atoms with Crippen LogP contribution in [0.5, 0.6) is 11.5 Å². The summed E-state index contributed by atoms with van der Waals surface area (Å²) in [6, 6.07) is 4.82. The highest BCUT2D eigenvalue weighted by molar-refractivity contribution is 5.97. The normalized spacial score (nSPS) is 21.0. The number of likely N-dealkylation sites (tertiary alicyclic amines) is 1. The van der Waals surface area contributed by atoms with Crippen LogP contribution in [0.25, 0.3) is 0 Å². The molecule has 0 saturated carbocycles. The highest BCUT2D eigenvalue weighted by Gasteiger charge is 2.33. The van der Waals surface area contributed by atoms with Crippen LogP contribution in [0.4, 0.5) is 5.69 Å². The van der Waals surface area contributed by atoms with Gasteiger partial charge in [0.05, 0.1) is 45.5 Å². The molecule has 154 valence electrons. The Kier molecular flexibility index (Phi) is 6.07. The zero-order chi connectivity index (χ0) is 20.3. The quantitative estimate of drug-likeness (QED) is 0.409. The van der Waals surface area contributed by atoms with E-state index in [1.54, 1.807) is 25.3 Å². The minimum atomic E-state index is -1.05. The number of nitrogens with zero attached hydrogens (tertiary/aromatic N) is 3. The first kappa shape index (κ1) is 20.4. The number of β-amino-alcohol motifs (C(OH)–C–C–N with tert-alkyl or cyclic N) is 1. The number of benzene rings is 1. The minimum Gasteiger partial charge on any atom is -0.633 e. The number of phenolic OH excluding ortho intramolecular Hbond substituents is 1. The van der Waals surface area contributed by atoms with Gasteiger partial charge in [0, 0.05) is 18.9 Å². The molecule has 28 heavy (non-hydrogen) atoms. The van der Waals surface area contributed by atoms with Gasteiger partial charge in [-0.15, -0.1) is 0 Å². The van der Waals surface area contributed by atoms with E-state index in [0.717, 1.165) is 10.6 Å². The Morgan fingerprint density at radius 1 is 1.21 bits per heavy atom. The van der Waals surface area contributed by atoms with Crippen molar-refractivity contribution in [1.29, 1.82) is 0 Å². The number of piperazine rings is 1. The van der Waals surface area contributed by atoms with E-state index >= 15 is 0 Å². The van der Waals surface area contributed by atoms with E-state index in [2.05, 4.69) is 0 Å². The van der Waals surface area contributed by atoms with Gasteiger partial charge in [-0.3, -0.25) is 14.5 Å². The second kappa shape index (κ2) is 8.34. The molecule has 2 amide bonds. The zero-order valence-corrected chi connectivity index (χ0v) is 16.0. The van der Waals surface area contributed by atoms with Crippen molar-refractivity contribution in [1.82, 2.24) is 4.90 Å². The van der Waals surface area contributed by atoms with Crippen molar-refractivity contribution in [3.63, 3.8) is 0 Å². The van der Waals surface area contributed by atoms with Gasteiger partial charge in [0.15, 0.2) is 0 Å². The second-order valence-electron chi connectivity index (χ2n) is 7.44. The molecule has 2 heterocycles. The molecule has 1 aromatic rings. The number of piperidine rings is 1. The predicted octanol–water partition coefficient (Wildman–Crippen LogP) is 0.435. The number of phenols is 1. The number of rotatable bonds is 6. The predicted molar refractivity (Wildman–Crippen MR) is 102 cm³/mol. The van der Waals surface area contributed by atoms with Crippen LogP contribution in [-0.4, -0.2) is 84.1 Å². The molecule has 0 aromatic heterocycles. The van der Waals surface area contributed by atoms with Crippen molar-refractivity contribution in [2.45, 2.75) is 25.4 Å². The Hall–Kier alpha value is -2.36. The summed E-state index contributed by atoms with van der Waals surface area (Å²) in [5.74, 6) is 0.170. The fourth-order valence-corrected chi connectivity index (χ4v) is 3.83. The Morgan fingerprint density at radius 3 is 2.46 bits per heavy atom. The number of aliphatic hydroxyl groups excluding tert-OH is 1. The summed E-state index contributed by atoms with van der Waals surface area (Å²) >= 11 is 0. The van der Waals surface area contributed by atoms with E-state index in [4.69, 9.17) is 4.74 Å². The molecule has 0 spiro atoms. The Morgan fingerprint density at radius 2 is 1.86 bits per heavy atom. The molecule has 3 rings (SSSR count). The van der Waals surface area contributed by atoms with Crippen LogP contribution in [-0.2, 0) is 9.59 Å². The number of quaternary nitrogens is 1. The topological polar surface area (TPSA) is 113 Å².